The van der Waals surface area contributed by atoms with Gasteiger partial charge in [0.2, 0.25) is 5.91 Å². The van der Waals surface area contributed by atoms with Crippen LogP contribution in [0.25, 0.3) is 0 Å². The number of primary amides is 1. The Bertz CT molecular complexity index is 519. The largest absolute Gasteiger partial charge is 0.369 e. The molecule has 2 N–H and O–H groups in total. The van der Waals surface area contributed by atoms with Gasteiger partial charge in [0.15, 0.2) is 0 Å². The monoisotopic (exact) mass is 300 g/mol. The summed E-state index contributed by atoms with van der Waals surface area (Å²) in [6.07, 6.45) is 1.50. The number of piperidine rings is 1. The van der Waals surface area contributed by atoms with Crippen molar-refractivity contribution >= 4 is 35.0 Å². The van der Waals surface area contributed by atoms with Gasteiger partial charge in [0.1, 0.15) is 0 Å². The third-order valence-corrected chi connectivity index (χ3v) is 3.82. The zero-order chi connectivity index (χ0) is 14.0. The van der Waals surface area contributed by atoms with Crippen LogP contribution in [0.5, 0.6) is 0 Å². The van der Waals surface area contributed by atoms with Crippen molar-refractivity contribution in [1.82, 2.24) is 4.90 Å². The van der Waals surface area contributed by atoms with Crippen molar-refractivity contribution in [3.05, 3.63) is 33.8 Å². The average molecular weight is 301 g/mol. The maximum Gasteiger partial charge on any atom is 0.255 e. The molecule has 2 rings (SSSR count). The molecule has 1 aliphatic heterocycles. The molecule has 0 saturated carbocycles. The first-order valence-electron chi connectivity index (χ1n) is 6.02. The summed E-state index contributed by atoms with van der Waals surface area (Å²) in [6.45, 7) is 0.967. The molecular formula is C13H14Cl2N2O2. The summed E-state index contributed by atoms with van der Waals surface area (Å²) >= 11 is 11.8. The fourth-order valence-corrected chi connectivity index (χ4v) is 2.72. The predicted octanol–water partition coefficient (Wildman–Crippen LogP) is 2.33. The highest BCUT2D eigenvalue weighted by atomic mass is 35.5. The molecule has 1 heterocycles. The molecule has 0 spiro atoms. The lowest BCUT2D eigenvalue weighted by molar-refractivity contribution is -0.123. The molecule has 0 aliphatic carbocycles. The van der Waals surface area contributed by atoms with E-state index >= 15 is 0 Å². The normalized spacial score (nSPS) is 19.3. The van der Waals surface area contributed by atoms with Crippen LogP contribution in [0.15, 0.2) is 18.2 Å². The fourth-order valence-electron chi connectivity index (χ4n) is 2.23. The second-order valence-corrected chi connectivity index (χ2v) is 5.46. The van der Waals surface area contributed by atoms with Crippen molar-refractivity contribution in [3.63, 3.8) is 0 Å². The number of rotatable bonds is 2. The number of hydrogen-bond donors (Lipinski definition) is 1. The van der Waals surface area contributed by atoms with E-state index in [1.165, 1.54) is 6.07 Å². The molecule has 2 amide bonds. The van der Waals surface area contributed by atoms with Crippen LogP contribution in [0, 0.1) is 5.92 Å². The highest BCUT2D eigenvalue weighted by Crippen LogP contribution is 2.24. The van der Waals surface area contributed by atoms with Crippen molar-refractivity contribution < 1.29 is 9.59 Å². The molecule has 19 heavy (non-hydrogen) atoms. The molecule has 1 aromatic carbocycles. The minimum Gasteiger partial charge on any atom is -0.369 e. The Labute approximate surface area is 121 Å². The van der Waals surface area contributed by atoms with E-state index in [2.05, 4.69) is 0 Å². The second-order valence-electron chi connectivity index (χ2n) is 4.62. The Hall–Kier alpha value is -1.26. The van der Waals surface area contributed by atoms with E-state index in [-0.39, 0.29) is 17.7 Å². The number of halogens is 2. The van der Waals surface area contributed by atoms with E-state index in [9.17, 15) is 9.59 Å². The quantitative estimate of drug-likeness (QED) is 0.911. The molecule has 4 nitrogen and oxygen atoms in total. The van der Waals surface area contributed by atoms with Gasteiger partial charge in [-0.15, -0.1) is 0 Å². The molecule has 1 atom stereocenters. The Morgan fingerprint density at radius 1 is 1.32 bits per heavy atom. The van der Waals surface area contributed by atoms with Gasteiger partial charge in [0.25, 0.3) is 5.91 Å². The van der Waals surface area contributed by atoms with Crippen molar-refractivity contribution in [2.75, 3.05) is 13.1 Å². The number of carbonyl (C=O) groups excluding carboxylic acids is 2. The van der Waals surface area contributed by atoms with Gasteiger partial charge in [-0.3, -0.25) is 9.59 Å². The molecule has 0 bridgehead atoms. The standard InChI is InChI=1S/C13H14Cl2N2O2/c14-9-3-4-10(11(15)6-9)13(19)17-5-1-2-8(7-17)12(16)18/h3-4,6,8H,1-2,5,7H2,(H2,16,18)/t8-/m1/s1. The van der Waals surface area contributed by atoms with Gasteiger partial charge in [-0.1, -0.05) is 23.2 Å². The lowest BCUT2D eigenvalue weighted by Gasteiger charge is -2.31. The van der Waals surface area contributed by atoms with Crippen LogP contribution in [-0.4, -0.2) is 29.8 Å². The maximum absolute atomic E-state index is 12.3. The average Bonchev–Trinajstić information content (AvgIpc) is 2.38. The molecule has 0 radical (unpaired) electrons. The number of benzene rings is 1. The molecule has 0 aromatic heterocycles. The van der Waals surface area contributed by atoms with Crippen molar-refractivity contribution in [2.24, 2.45) is 11.7 Å². The number of likely N-dealkylation sites (tertiary alicyclic amines) is 1. The van der Waals surface area contributed by atoms with E-state index in [4.69, 9.17) is 28.9 Å². The van der Waals surface area contributed by atoms with Crippen molar-refractivity contribution in [1.29, 1.82) is 0 Å². The van der Waals surface area contributed by atoms with E-state index in [1.54, 1.807) is 17.0 Å². The third kappa shape index (κ3) is 3.19. The lowest BCUT2D eigenvalue weighted by Crippen LogP contribution is -2.44. The summed E-state index contributed by atoms with van der Waals surface area (Å²) in [5, 5.41) is 0.800. The van der Waals surface area contributed by atoms with Gasteiger partial charge in [-0.05, 0) is 31.0 Å². The number of hydrogen-bond acceptors (Lipinski definition) is 2. The smallest absolute Gasteiger partial charge is 0.255 e. The van der Waals surface area contributed by atoms with Crippen LogP contribution in [0.3, 0.4) is 0 Å². The van der Waals surface area contributed by atoms with E-state index in [0.717, 1.165) is 12.8 Å². The minimum atomic E-state index is -0.361. The van der Waals surface area contributed by atoms with Crippen LogP contribution in [-0.2, 0) is 4.79 Å². The van der Waals surface area contributed by atoms with Gasteiger partial charge in [-0.2, -0.15) is 0 Å². The Morgan fingerprint density at radius 3 is 2.68 bits per heavy atom. The number of carbonyl (C=O) groups is 2. The number of amides is 2. The highest BCUT2D eigenvalue weighted by molar-refractivity contribution is 6.36. The summed E-state index contributed by atoms with van der Waals surface area (Å²) in [5.41, 5.74) is 5.70. The summed E-state index contributed by atoms with van der Waals surface area (Å²) < 4.78 is 0. The second kappa shape index (κ2) is 5.80. The van der Waals surface area contributed by atoms with Crippen LogP contribution >= 0.6 is 23.2 Å². The van der Waals surface area contributed by atoms with Crippen LogP contribution < -0.4 is 5.73 Å². The molecule has 102 valence electrons. The lowest BCUT2D eigenvalue weighted by atomic mass is 9.97. The molecule has 1 aromatic rings. The van der Waals surface area contributed by atoms with Gasteiger partial charge >= 0.3 is 0 Å². The van der Waals surface area contributed by atoms with E-state index in [1.807, 2.05) is 0 Å². The van der Waals surface area contributed by atoms with Gasteiger partial charge in [0.05, 0.1) is 16.5 Å². The predicted molar refractivity (Wildman–Crippen MR) is 74.3 cm³/mol. The van der Waals surface area contributed by atoms with Crippen LogP contribution in [0.4, 0.5) is 0 Å². The van der Waals surface area contributed by atoms with Gasteiger partial charge < -0.3 is 10.6 Å². The molecule has 6 heteroatoms. The highest BCUT2D eigenvalue weighted by Gasteiger charge is 2.28. The van der Waals surface area contributed by atoms with Gasteiger partial charge in [-0.25, -0.2) is 0 Å². The molecule has 1 saturated heterocycles. The summed E-state index contributed by atoms with van der Waals surface area (Å²) in [6, 6.07) is 4.75. The minimum absolute atomic E-state index is 0.187. The van der Waals surface area contributed by atoms with Gasteiger partial charge in [0, 0.05) is 18.1 Å². The van der Waals surface area contributed by atoms with E-state index < -0.39 is 0 Å². The van der Waals surface area contributed by atoms with Crippen molar-refractivity contribution in [3.8, 4) is 0 Å². The molecular weight excluding hydrogens is 287 g/mol. The number of nitrogens with zero attached hydrogens (tertiary/aromatic N) is 1. The zero-order valence-corrected chi connectivity index (χ0v) is 11.7. The van der Waals surface area contributed by atoms with Crippen LogP contribution in [0.1, 0.15) is 23.2 Å². The first-order chi connectivity index (χ1) is 8.99. The molecule has 0 unspecified atom stereocenters. The third-order valence-electron chi connectivity index (χ3n) is 3.27. The zero-order valence-electron chi connectivity index (χ0n) is 10.2. The first kappa shape index (κ1) is 14.2. The maximum atomic E-state index is 12.3. The SMILES string of the molecule is NC(=O)[C@@H]1CCCN(C(=O)c2ccc(Cl)cc2Cl)C1. The molecule has 1 aliphatic rings. The van der Waals surface area contributed by atoms with Crippen molar-refractivity contribution in [2.45, 2.75) is 12.8 Å². The summed E-state index contributed by atoms with van der Waals surface area (Å²) in [5.74, 6) is -0.823. The topological polar surface area (TPSA) is 63.4 Å². The molecule has 1 fully saturated rings. The number of nitrogens with two attached hydrogens (primary N) is 1. The van der Waals surface area contributed by atoms with E-state index in [0.29, 0.717) is 28.7 Å². The summed E-state index contributed by atoms with van der Waals surface area (Å²) in [7, 11) is 0. The Morgan fingerprint density at radius 2 is 2.05 bits per heavy atom. The van der Waals surface area contributed by atoms with Crippen LogP contribution in [0.2, 0.25) is 10.0 Å². The Kier molecular flexibility index (Phi) is 4.32. The fraction of sp³-hybridized carbons (Fsp3) is 0.385. The first-order valence-corrected chi connectivity index (χ1v) is 6.78. The Balaban J connectivity index is 2.17. The summed E-state index contributed by atoms with van der Waals surface area (Å²) in [4.78, 5) is 25.2.